The Balaban J connectivity index is 2.13. The summed E-state index contributed by atoms with van der Waals surface area (Å²) in [6.45, 7) is 5.93. The van der Waals surface area contributed by atoms with Gasteiger partial charge in [-0.25, -0.2) is 4.68 Å². The summed E-state index contributed by atoms with van der Waals surface area (Å²) < 4.78 is 6.49. The quantitative estimate of drug-likeness (QED) is 0.638. The molecule has 2 aromatic rings. The fourth-order valence-corrected chi connectivity index (χ4v) is 2.03. The summed E-state index contributed by atoms with van der Waals surface area (Å²) in [5.74, 6) is 1.43. The molecule has 21 heavy (non-hydrogen) atoms. The lowest BCUT2D eigenvalue weighted by atomic mass is 10.1. The van der Waals surface area contributed by atoms with Gasteiger partial charge in [-0.2, -0.15) is 10.1 Å². The van der Waals surface area contributed by atoms with Gasteiger partial charge in [0.15, 0.2) is 5.82 Å². The molecule has 0 unspecified atom stereocenters. The molecule has 2 heterocycles. The van der Waals surface area contributed by atoms with Gasteiger partial charge in [0.05, 0.1) is 4.92 Å². The van der Waals surface area contributed by atoms with Crippen molar-refractivity contribution >= 4 is 11.5 Å². The van der Waals surface area contributed by atoms with Crippen LogP contribution in [0.15, 0.2) is 4.52 Å². The first-order valence-electron chi connectivity index (χ1n) is 6.64. The molecule has 9 nitrogen and oxygen atoms in total. The number of rotatable bonds is 6. The molecule has 0 radical (unpaired) electrons. The monoisotopic (exact) mass is 294 g/mol. The fourth-order valence-electron chi connectivity index (χ4n) is 2.03. The Kier molecular flexibility index (Phi) is 4.20. The number of nitro groups is 1. The van der Waals surface area contributed by atoms with Crippen LogP contribution < -0.4 is 5.32 Å². The van der Waals surface area contributed by atoms with Crippen LogP contribution >= 0.6 is 0 Å². The maximum absolute atomic E-state index is 11.3. The molecule has 0 aliphatic heterocycles. The Hall–Kier alpha value is -2.45. The molecule has 0 fully saturated rings. The highest BCUT2D eigenvalue weighted by atomic mass is 16.6. The Bertz CT molecular complexity index is 645. The van der Waals surface area contributed by atoms with Gasteiger partial charge in [-0.3, -0.25) is 10.1 Å². The maximum atomic E-state index is 11.3. The van der Waals surface area contributed by atoms with Gasteiger partial charge in [-0.05, 0) is 6.92 Å². The highest BCUT2D eigenvalue weighted by Gasteiger charge is 2.28. The van der Waals surface area contributed by atoms with Crippen LogP contribution in [0.2, 0.25) is 0 Å². The molecule has 0 aliphatic carbocycles. The third-order valence-corrected chi connectivity index (χ3v) is 2.98. The average molecular weight is 294 g/mol. The van der Waals surface area contributed by atoms with Gasteiger partial charge in [0, 0.05) is 25.9 Å². The predicted molar refractivity (Wildman–Crippen MR) is 75.2 cm³/mol. The van der Waals surface area contributed by atoms with E-state index in [9.17, 15) is 10.1 Å². The van der Waals surface area contributed by atoms with E-state index in [2.05, 4.69) is 20.6 Å². The molecule has 0 aliphatic rings. The van der Waals surface area contributed by atoms with Crippen molar-refractivity contribution in [2.24, 2.45) is 7.05 Å². The zero-order valence-corrected chi connectivity index (χ0v) is 12.5. The minimum Gasteiger partial charge on any atom is -0.364 e. The van der Waals surface area contributed by atoms with Gasteiger partial charge < -0.3 is 9.84 Å². The van der Waals surface area contributed by atoms with E-state index in [4.69, 9.17) is 4.52 Å². The van der Waals surface area contributed by atoms with Gasteiger partial charge in [0.1, 0.15) is 5.69 Å². The van der Waals surface area contributed by atoms with Crippen LogP contribution in [0.1, 0.15) is 37.2 Å². The first-order valence-corrected chi connectivity index (χ1v) is 6.64. The summed E-state index contributed by atoms with van der Waals surface area (Å²) in [4.78, 5) is 14.9. The number of aryl methyl sites for hydroxylation is 2. The molecule has 0 aromatic carbocycles. The Morgan fingerprint density at radius 2 is 2.19 bits per heavy atom. The average Bonchev–Trinajstić information content (AvgIpc) is 2.94. The summed E-state index contributed by atoms with van der Waals surface area (Å²) >= 11 is 0. The van der Waals surface area contributed by atoms with Gasteiger partial charge >= 0.3 is 5.69 Å². The summed E-state index contributed by atoms with van der Waals surface area (Å²) in [6, 6.07) is 0. The second-order valence-electron chi connectivity index (χ2n) is 5.03. The molecule has 0 atom stereocenters. The van der Waals surface area contributed by atoms with Gasteiger partial charge in [0.25, 0.3) is 0 Å². The van der Waals surface area contributed by atoms with E-state index in [1.165, 1.54) is 4.68 Å². The first kappa shape index (κ1) is 14.9. The van der Waals surface area contributed by atoms with E-state index in [0.29, 0.717) is 36.2 Å². The number of nitrogens with zero attached hydrogens (tertiary/aromatic N) is 5. The lowest BCUT2D eigenvalue weighted by Gasteiger charge is -2.04. The summed E-state index contributed by atoms with van der Waals surface area (Å²) in [5.41, 5.74) is 0.493. The van der Waals surface area contributed by atoms with E-state index in [-0.39, 0.29) is 11.6 Å². The number of aromatic nitrogens is 4. The third-order valence-electron chi connectivity index (χ3n) is 2.98. The van der Waals surface area contributed by atoms with Crippen LogP contribution in [0.5, 0.6) is 0 Å². The largest absolute Gasteiger partial charge is 0.364 e. The van der Waals surface area contributed by atoms with E-state index < -0.39 is 4.92 Å². The van der Waals surface area contributed by atoms with Crippen LogP contribution in [0.25, 0.3) is 0 Å². The summed E-state index contributed by atoms with van der Waals surface area (Å²) in [6.07, 6.45) is 0.486. The number of anilines is 1. The first-order chi connectivity index (χ1) is 9.90. The van der Waals surface area contributed by atoms with Gasteiger partial charge in [-0.1, -0.05) is 19.0 Å². The second kappa shape index (κ2) is 5.90. The van der Waals surface area contributed by atoms with Crippen molar-refractivity contribution in [2.75, 3.05) is 11.9 Å². The smallest absolute Gasteiger partial charge is 0.334 e. The highest BCUT2D eigenvalue weighted by molar-refractivity contribution is 5.60. The highest BCUT2D eigenvalue weighted by Crippen LogP contribution is 2.32. The van der Waals surface area contributed by atoms with Crippen molar-refractivity contribution < 1.29 is 9.45 Å². The van der Waals surface area contributed by atoms with Gasteiger partial charge in [0.2, 0.25) is 11.7 Å². The molecule has 1 N–H and O–H groups in total. The van der Waals surface area contributed by atoms with E-state index in [1.54, 1.807) is 14.0 Å². The topological polar surface area (TPSA) is 112 Å². The number of hydrogen-bond acceptors (Lipinski definition) is 7. The number of nitrogens with one attached hydrogen (secondary N) is 1. The summed E-state index contributed by atoms with van der Waals surface area (Å²) in [5, 5.41) is 22.2. The zero-order chi connectivity index (χ0) is 15.6. The standard InChI is InChI=1S/C12H18N6O3/c1-7(2)10-11(18(19)20)12(17(4)15-10)13-6-5-9-14-8(3)16-21-9/h7,13H,5-6H2,1-4H3. The van der Waals surface area contributed by atoms with Crippen LogP contribution in [0.3, 0.4) is 0 Å². The molecule has 0 spiro atoms. The van der Waals surface area contributed by atoms with Crippen molar-refractivity contribution in [1.82, 2.24) is 19.9 Å². The predicted octanol–water partition coefficient (Wildman–Crippen LogP) is 1.80. The normalized spacial score (nSPS) is 11.1. The molecule has 0 amide bonds. The minimum absolute atomic E-state index is 0.0224. The zero-order valence-electron chi connectivity index (χ0n) is 12.5. The van der Waals surface area contributed by atoms with Crippen LogP contribution in [-0.4, -0.2) is 31.4 Å². The Labute approximate surface area is 121 Å². The van der Waals surface area contributed by atoms with E-state index in [0.717, 1.165) is 0 Å². The molecular formula is C12H18N6O3. The molecule has 0 saturated heterocycles. The number of hydrogen-bond donors (Lipinski definition) is 1. The van der Waals surface area contributed by atoms with Crippen molar-refractivity contribution in [3.05, 3.63) is 27.5 Å². The SMILES string of the molecule is Cc1noc(CCNc2c([N+](=O)[O-])c(C(C)C)nn2C)n1. The Morgan fingerprint density at radius 1 is 1.48 bits per heavy atom. The summed E-state index contributed by atoms with van der Waals surface area (Å²) in [7, 11) is 1.68. The minimum atomic E-state index is -0.401. The Morgan fingerprint density at radius 3 is 2.71 bits per heavy atom. The lowest BCUT2D eigenvalue weighted by Crippen LogP contribution is -2.10. The molecule has 2 aromatic heterocycles. The maximum Gasteiger partial charge on any atom is 0.334 e. The van der Waals surface area contributed by atoms with E-state index in [1.807, 2.05) is 13.8 Å². The van der Waals surface area contributed by atoms with Crippen molar-refractivity contribution in [2.45, 2.75) is 33.1 Å². The van der Waals surface area contributed by atoms with Crippen molar-refractivity contribution in [1.29, 1.82) is 0 Å². The van der Waals surface area contributed by atoms with Crippen molar-refractivity contribution in [3.8, 4) is 0 Å². The molecule has 2 rings (SSSR count). The van der Waals surface area contributed by atoms with E-state index >= 15 is 0 Å². The molecule has 0 saturated carbocycles. The molecule has 9 heteroatoms. The molecular weight excluding hydrogens is 276 g/mol. The lowest BCUT2D eigenvalue weighted by molar-refractivity contribution is -0.384. The van der Waals surface area contributed by atoms with Crippen molar-refractivity contribution in [3.63, 3.8) is 0 Å². The van der Waals surface area contributed by atoms with Crippen LogP contribution in [-0.2, 0) is 13.5 Å². The van der Waals surface area contributed by atoms with Crippen LogP contribution in [0, 0.1) is 17.0 Å². The third kappa shape index (κ3) is 3.18. The molecule has 0 bridgehead atoms. The van der Waals surface area contributed by atoms with Gasteiger partial charge in [-0.15, -0.1) is 0 Å². The molecule has 114 valence electrons. The second-order valence-corrected chi connectivity index (χ2v) is 5.03. The van der Waals surface area contributed by atoms with Crippen LogP contribution in [0.4, 0.5) is 11.5 Å². The fraction of sp³-hybridized carbons (Fsp3) is 0.583.